The zero-order valence-corrected chi connectivity index (χ0v) is 10.7. The molecule has 3 rings (SSSR count). The van der Waals surface area contributed by atoms with E-state index in [4.69, 9.17) is 19.1 Å². The highest BCUT2D eigenvalue weighted by Crippen LogP contribution is 2.44. The molecule has 1 aromatic heterocycles. The normalized spacial score (nSPS) is 12.9. The van der Waals surface area contributed by atoms with Crippen molar-refractivity contribution in [3.63, 3.8) is 0 Å². The summed E-state index contributed by atoms with van der Waals surface area (Å²) in [5.41, 5.74) is 0.469. The first kappa shape index (κ1) is 11.9. The van der Waals surface area contributed by atoms with Gasteiger partial charge in [-0.05, 0) is 12.1 Å². The minimum atomic E-state index is -1.14. The number of benzene rings is 1. The molecule has 0 radical (unpaired) electrons. The third-order valence-corrected chi connectivity index (χ3v) is 3.56. The van der Waals surface area contributed by atoms with Gasteiger partial charge in [-0.15, -0.1) is 0 Å². The van der Waals surface area contributed by atoms with Crippen LogP contribution in [0.1, 0.15) is 10.5 Å². The number of aromatic carboxylic acids is 1. The van der Waals surface area contributed by atoms with E-state index in [0.29, 0.717) is 23.0 Å². The maximum atomic E-state index is 10.8. The van der Waals surface area contributed by atoms with Crippen LogP contribution in [0.2, 0.25) is 0 Å². The maximum Gasteiger partial charge on any atom is 0.358 e. The first-order valence-corrected chi connectivity index (χ1v) is 6.35. The van der Waals surface area contributed by atoms with E-state index in [2.05, 4.69) is 5.16 Å². The molecule has 6 nitrogen and oxygen atoms in total. The van der Waals surface area contributed by atoms with Gasteiger partial charge in [0.1, 0.15) is 17.4 Å². The van der Waals surface area contributed by atoms with Crippen LogP contribution in [0.15, 0.2) is 27.6 Å². The Hall–Kier alpha value is -2.15. The number of hydrogen-bond acceptors (Lipinski definition) is 6. The van der Waals surface area contributed by atoms with Gasteiger partial charge in [0.25, 0.3) is 0 Å². The predicted molar refractivity (Wildman–Crippen MR) is 66.8 cm³/mol. The van der Waals surface area contributed by atoms with Gasteiger partial charge in [0, 0.05) is 6.07 Å². The number of rotatable bonds is 3. The summed E-state index contributed by atoms with van der Waals surface area (Å²) in [4.78, 5) is 11.8. The predicted octanol–water partition coefficient (Wildman–Crippen LogP) is 2.49. The number of thioether (sulfide) groups is 1. The molecule has 0 bridgehead atoms. The summed E-state index contributed by atoms with van der Waals surface area (Å²) in [6.07, 6.45) is 0. The van der Waals surface area contributed by atoms with Crippen LogP contribution < -0.4 is 9.47 Å². The van der Waals surface area contributed by atoms with E-state index in [1.165, 1.54) is 6.07 Å². The molecule has 1 aliphatic rings. The van der Waals surface area contributed by atoms with Crippen LogP contribution in [0.4, 0.5) is 0 Å². The maximum absolute atomic E-state index is 10.8. The standard InChI is InChI=1S/C12H9NO5S/c1-16-8-4-11-10(17-5-19-11)2-6(8)9-3-7(12(14)15)13-18-9/h2-4H,5H2,1H3,(H,14,15). The Labute approximate surface area is 112 Å². The van der Waals surface area contributed by atoms with Gasteiger partial charge >= 0.3 is 5.97 Å². The summed E-state index contributed by atoms with van der Waals surface area (Å²) >= 11 is 1.57. The number of carboxylic acid groups (broad SMARTS) is 1. The second-order valence-electron chi connectivity index (χ2n) is 3.79. The lowest BCUT2D eigenvalue weighted by atomic mass is 10.1. The van der Waals surface area contributed by atoms with Gasteiger partial charge in [0.2, 0.25) is 0 Å². The molecular formula is C12H9NO5S. The minimum absolute atomic E-state index is 0.146. The fraction of sp³-hybridized carbons (Fsp3) is 0.167. The largest absolute Gasteiger partial charge is 0.496 e. The second kappa shape index (κ2) is 4.51. The van der Waals surface area contributed by atoms with Crippen molar-refractivity contribution in [1.82, 2.24) is 5.16 Å². The summed E-state index contributed by atoms with van der Waals surface area (Å²) in [6, 6.07) is 4.96. The first-order chi connectivity index (χ1) is 9.19. The monoisotopic (exact) mass is 279 g/mol. The Balaban J connectivity index is 2.10. The Morgan fingerprint density at radius 3 is 3.00 bits per heavy atom. The molecule has 0 unspecified atom stereocenters. The van der Waals surface area contributed by atoms with E-state index in [-0.39, 0.29) is 5.69 Å². The minimum Gasteiger partial charge on any atom is -0.496 e. The molecule has 0 aliphatic carbocycles. The molecule has 0 spiro atoms. The third-order valence-electron chi connectivity index (χ3n) is 2.69. The number of methoxy groups -OCH3 is 1. The van der Waals surface area contributed by atoms with Crippen LogP contribution in [0, 0.1) is 0 Å². The van der Waals surface area contributed by atoms with Crippen LogP contribution >= 0.6 is 11.8 Å². The van der Waals surface area contributed by atoms with Crippen molar-refractivity contribution in [3.05, 3.63) is 23.9 Å². The van der Waals surface area contributed by atoms with E-state index in [0.717, 1.165) is 10.6 Å². The van der Waals surface area contributed by atoms with E-state index in [1.54, 1.807) is 24.9 Å². The highest BCUT2D eigenvalue weighted by molar-refractivity contribution is 7.99. The van der Waals surface area contributed by atoms with E-state index < -0.39 is 5.97 Å². The lowest BCUT2D eigenvalue weighted by Crippen LogP contribution is -1.94. The smallest absolute Gasteiger partial charge is 0.358 e. The van der Waals surface area contributed by atoms with Gasteiger partial charge in [0.15, 0.2) is 11.5 Å². The van der Waals surface area contributed by atoms with Crippen LogP contribution in [-0.2, 0) is 0 Å². The van der Waals surface area contributed by atoms with Gasteiger partial charge in [-0.3, -0.25) is 0 Å². The molecule has 0 fully saturated rings. The molecule has 98 valence electrons. The molecule has 7 heteroatoms. The van der Waals surface area contributed by atoms with Crippen molar-refractivity contribution in [2.24, 2.45) is 0 Å². The van der Waals surface area contributed by atoms with Crippen molar-refractivity contribution in [2.45, 2.75) is 4.90 Å². The molecule has 1 N–H and O–H groups in total. The highest BCUT2D eigenvalue weighted by atomic mass is 32.2. The van der Waals surface area contributed by atoms with Crippen molar-refractivity contribution in [2.75, 3.05) is 13.0 Å². The molecule has 0 amide bonds. The number of aromatic nitrogens is 1. The average molecular weight is 279 g/mol. The molecular weight excluding hydrogens is 270 g/mol. The zero-order chi connectivity index (χ0) is 13.4. The van der Waals surface area contributed by atoms with Crippen LogP contribution in [0.3, 0.4) is 0 Å². The number of nitrogens with zero attached hydrogens (tertiary/aromatic N) is 1. The van der Waals surface area contributed by atoms with E-state index in [1.807, 2.05) is 6.07 Å². The van der Waals surface area contributed by atoms with Crippen LogP contribution in [-0.4, -0.2) is 29.3 Å². The lowest BCUT2D eigenvalue weighted by molar-refractivity contribution is 0.0686. The van der Waals surface area contributed by atoms with Crippen LogP contribution in [0.25, 0.3) is 11.3 Å². The van der Waals surface area contributed by atoms with Gasteiger partial charge in [0.05, 0.1) is 17.6 Å². The lowest BCUT2D eigenvalue weighted by Gasteiger charge is -2.07. The van der Waals surface area contributed by atoms with E-state index in [9.17, 15) is 4.79 Å². The van der Waals surface area contributed by atoms with Crippen molar-refractivity contribution >= 4 is 17.7 Å². The van der Waals surface area contributed by atoms with Gasteiger partial charge in [-0.2, -0.15) is 0 Å². The number of fused-ring (bicyclic) bond motifs is 1. The van der Waals surface area contributed by atoms with E-state index >= 15 is 0 Å². The number of ether oxygens (including phenoxy) is 2. The van der Waals surface area contributed by atoms with Gasteiger partial charge < -0.3 is 19.1 Å². The number of carboxylic acids is 1. The molecule has 2 heterocycles. The van der Waals surface area contributed by atoms with Gasteiger partial charge in [-0.25, -0.2) is 4.79 Å². The average Bonchev–Trinajstić information content (AvgIpc) is 3.05. The molecule has 0 atom stereocenters. The Morgan fingerprint density at radius 2 is 2.32 bits per heavy atom. The summed E-state index contributed by atoms with van der Waals surface area (Å²) in [7, 11) is 1.54. The number of carbonyl (C=O) groups is 1. The van der Waals surface area contributed by atoms with Crippen molar-refractivity contribution in [3.8, 4) is 22.8 Å². The Kier molecular flexibility index (Phi) is 2.83. The molecule has 2 aromatic rings. The Morgan fingerprint density at radius 1 is 1.47 bits per heavy atom. The SMILES string of the molecule is COc1cc2c(cc1-c1cc(C(=O)O)no1)OCS2. The highest BCUT2D eigenvalue weighted by Gasteiger charge is 2.21. The molecule has 1 aromatic carbocycles. The molecule has 0 saturated carbocycles. The fourth-order valence-electron chi connectivity index (χ4n) is 1.79. The quantitative estimate of drug-likeness (QED) is 0.924. The van der Waals surface area contributed by atoms with Gasteiger partial charge in [-0.1, -0.05) is 16.9 Å². The first-order valence-electron chi connectivity index (χ1n) is 5.37. The summed E-state index contributed by atoms with van der Waals surface area (Å²) < 4.78 is 15.8. The summed E-state index contributed by atoms with van der Waals surface area (Å²) in [5.74, 6) is 1.07. The second-order valence-corrected chi connectivity index (χ2v) is 4.75. The number of hydrogen-bond donors (Lipinski definition) is 1. The summed E-state index contributed by atoms with van der Waals surface area (Å²) in [6.45, 7) is 0. The summed E-state index contributed by atoms with van der Waals surface area (Å²) in [5, 5.41) is 12.3. The van der Waals surface area contributed by atoms with Crippen molar-refractivity contribution in [1.29, 1.82) is 0 Å². The molecule has 1 aliphatic heterocycles. The van der Waals surface area contributed by atoms with Crippen molar-refractivity contribution < 1.29 is 23.9 Å². The molecule has 19 heavy (non-hydrogen) atoms. The topological polar surface area (TPSA) is 81.8 Å². The van der Waals surface area contributed by atoms with Crippen LogP contribution in [0.5, 0.6) is 11.5 Å². The molecule has 0 saturated heterocycles. The third kappa shape index (κ3) is 2.01. The zero-order valence-electron chi connectivity index (χ0n) is 9.87. The fourth-order valence-corrected chi connectivity index (χ4v) is 2.55. The Bertz CT molecular complexity index is 652.